The number of hydrogen-bond donors (Lipinski definition) is 2. The summed E-state index contributed by atoms with van der Waals surface area (Å²) in [6.07, 6.45) is 9.01. The van der Waals surface area contributed by atoms with Crippen LogP contribution < -0.4 is 10.5 Å². The summed E-state index contributed by atoms with van der Waals surface area (Å²) in [6.45, 7) is 1.96. The minimum Gasteiger partial charge on any atom is -0.504 e. The van der Waals surface area contributed by atoms with Crippen LogP contribution in [0.3, 0.4) is 0 Å². The van der Waals surface area contributed by atoms with Crippen molar-refractivity contribution >= 4 is 36.6 Å². The lowest BCUT2D eigenvalue weighted by molar-refractivity contribution is -0.229. The molecule has 7 aliphatic rings. The molecular formula is C28H37Cl2N3O5. The molecule has 2 amide bonds. The van der Waals surface area contributed by atoms with Crippen LogP contribution in [0.25, 0.3) is 0 Å². The van der Waals surface area contributed by atoms with Crippen molar-refractivity contribution in [3.8, 4) is 11.5 Å². The number of aromatic hydroxyl groups is 1. The lowest BCUT2D eigenvalue weighted by atomic mass is 9.34. The van der Waals surface area contributed by atoms with E-state index in [1.807, 2.05) is 12.1 Å². The Labute approximate surface area is 235 Å². The van der Waals surface area contributed by atoms with E-state index in [0.29, 0.717) is 18.8 Å². The monoisotopic (exact) mass is 565 g/mol. The van der Waals surface area contributed by atoms with E-state index in [0.717, 1.165) is 50.6 Å². The number of methoxy groups -OCH3 is 1. The molecule has 2 saturated heterocycles. The highest BCUT2D eigenvalue weighted by molar-refractivity contribution is 6.07. The maximum atomic E-state index is 14.3. The van der Waals surface area contributed by atoms with Crippen molar-refractivity contribution in [2.75, 3.05) is 33.8 Å². The quantitative estimate of drug-likeness (QED) is 0.297. The second kappa shape index (κ2) is 9.10. The number of imide groups is 1. The van der Waals surface area contributed by atoms with Crippen molar-refractivity contribution in [1.82, 2.24) is 9.80 Å². The number of hydrogen-bond acceptors (Lipinski definition) is 7. The first-order chi connectivity index (χ1) is 17.4. The number of halogens is 2. The number of unbranched alkanes of at least 4 members (excludes halogenated alkanes) is 3. The van der Waals surface area contributed by atoms with Crippen LogP contribution in [0.5, 0.6) is 11.5 Å². The van der Waals surface area contributed by atoms with E-state index < -0.39 is 34.4 Å². The standard InChI is InChI=1S/C28H35N3O5.2ClH/c1-30-14-11-27-19-16-7-8-17(32)22(19)36-25(27)28(35-2)10-9-26(27,18(30)15-16)20-21(28)24(34)31(23(20)33)13-6-4-3-5-12-29;;/h7-10,18,20-21,25,32H,3-6,11-15,29H2,1-2H3;2*1H/t18-,20+,21-,25-,26+,27+,28-;;/m1../s1. The minimum absolute atomic E-state index is 0. The summed E-state index contributed by atoms with van der Waals surface area (Å²) in [4.78, 5) is 32.3. The number of likely N-dealkylation sites (N-methyl/N-ethyl adjacent to an activating group) is 1. The lowest BCUT2D eigenvalue weighted by Crippen LogP contribution is -2.82. The van der Waals surface area contributed by atoms with Crippen molar-refractivity contribution in [1.29, 1.82) is 0 Å². The molecule has 208 valence electrons. The molecule has 38 heavy (non-hydrogen) atoms. The number of carbonyl (C=O) groups is 2. The summed E-state index contributed by atoms with van der Waals surface area (Å²) < 4.78 is 13.0. The van der Waals surface area contributed by atoms with Gasteiger partial charge in [0.1, 0.15) is 11.7 Å². The first kappa shape index (κ1) is 27.7. The summed E-state index contributed by atoms with van der Waals surface area (Å²) in [5, 5.41) is 10.9. The third-order valence-electron chi connectivity index (χ3n) is 10.6. The highest BCUT2D eigenvalue weighted by Crippen LogP contribution is 2.77. The number of likely N-dealkylation sites (tertiary alicyclic amines) is 2. The number of rotatable bonds is 7. The van der Waals surface area contributed by atoms with Crippen LogP contribution in [0.2, 0.25) is 0 Å². The van der Waals surface area contributed by atoms with Gasteiger partial charge in [0.05, 0.1) is 17.3 Å². The summed E-state index contributed by atoms with van der Waals surface area (Å²) in [7, 11) is 3.77. The number of amides is 2. The fourth-order valence-electron chi connectivity index (χ4n) is 9.26. The van der Waals surface area contributed by atoms with Crippen molar-refractivity contribution in [2.45, 2.75) is 61.7 Å². The normalized spacial score (nSPS) is 38.9. The molecule has 2 spiro atoms. The molecule has 4 bridgehead atoms. The molecule has 3 heterocycles. The predicted octanol–water partition coefficient (Wildman–Crippen LogP) is 2.57. The molecule has 8 rings (SSSR count). The second-order valence-electron chi connectivity index (χ2n) is 11.7. The maximum Gasteiger partial charge on any atom is 0.236 e. The fourth-order valence-corrected chi connectivity index (χ4v) is 9.26. The summed E-state index contributed by atoms with van der Waals surface area (Å²) in [6, 6.07) is 3.79. The van der Waals surface area contributed by atoms with Gasteiger partial charge in [-0.05, 0) is 57.5 Å². The number of piperidine rings is 1. The molecule has 10 heteroatoms. The Kier molecular flexibility index (Phi) is 6.63. The first-order valence-corrected chi connectivity index (χ1v) is 13.4. The van der Waals surface area contributed by atoms with Crippen molar-refractivity contribution in [3.05, 3.63) is 35.4 Å². The number of benzene rings is 1. The van der Waals surface area contributed by atoms with Gasteiger partial charge in [0, 0.05) is 30.7 Å². The smallest absolute Gasteiger partial charge is 0.236 e. The van der Waals surface area contributed by atoms with E-state index in [1.165, 1.54) is 10.5 Å². The van der Waals surface area contributed by atoms with Crippen LogP contribution in [0.1, 0.15) is 43.2 Å². The van der Waals surface area contributed by atoms with Gasteiger partial charge in [-0.3, -0.25) is 14.5 Å². The molecule has 8 nitrogen and oxygen atoms in total. The predicted molar refractivity (Wildman–Crippen MR) is 146 cm³/mol. The van der Waals surface area contributed by atoms with E-state index in [2.05, 4.69) is 18.0 Å². The molecule has 4 aliphatic carbocycles. The molecule has 0 aromatic heterocycles. The molecule has 1 aromatic rings. The third-order valence-corrected chi connectivity index (χ3v) is 10.6. The lowest BCUT2D eigenvalue weighted by Gasteiger charge is -2.71. The van der Waals surface area contributed by atoms with Crippen molar-refractivity contribution < 1.29 is 24.2 Å². The molecule has 0 unspecified atom stereocenters. The van der Waals surface area contributed by atoms with Crippen LogP contribution in [0.4, 0.5) is 0 Å². The Hall–Kier alpha value is -1.84. The van der Waals surface area contributed by atoms with Crippen LogP contribution in [0.15, 0.2) is 24.3 Å². The van der Waals surface area contributed by atoms with Gasteiger partial charge in [0.25, 0.3) is 0 Å². The zero-order valence-corrected chi connectivity index (χ0v) is 23.5. The van der Waals surface area contributed by atoms with Crippen LogP contribution in [0, 0.1) is 17.3 Å². The maximum absolute atomic E-state index is 14.3. The Morgan fingerprint density at radius 3 is 2.58 bits per heavy atom. The number of ether oxygens (including phenoxy) is 2. The van der Waals surface area contributed by atoms with Gasteiger partial charge in [-0.25, -0.2) is 0 Å². The first-order valence-electron chi connectivity index (χ1n) is 13.4. The van der Waals surface area contributed by atoms with Gasteiger partial charge in [-0.15, -0.1) is 24.8 Å². The zero-order chi connectivity index (χ0) is 25.0. The summed E-state index contributed by atoms with van der Waals surface area (Å²) in [5.41, 5.74) is 5.67. The van der Waals surface area contributed by atoms with Crippen LogP contribution >= 0.6 is 24.8 Å². The van der Waals surface area contributed by atoms with E-state index in [-0.39, 0.29) is 48.4 Å². The topological polar surface area (TPSA) is 105 Å². The highest BCUT2D eigenvalue weighted by atomic mass is 35.5. The van der Waals surface area contributed by atoms with Gasteiger partial charge in [-0.2, -0.15) is 0 Å². The SMILES string of the molecule is CO[C@]12C=C[C@@]3([C@@H]4C(=O)N(CCCCCCN)C(=O)[C@@H]41)[C@H]1Cc4ccc(O)c5c4[C@@]3(CCN1C)[C@H]2O5.Cl.Cl. The van der Waals surface area contributed by atoms with E-state index in [1.54, 1.807) is 13.2 Å². The molecule has 3 N–H and O–H groups in total. The number of phenols is 1. The van der Waals surface area contributed by atoms with Gasteiger partial charge < -0.3 is 25.2 Å². The van der Waals surface area contributed by atoms with Gasteiger partial charge >= 0.3 is 0 Å². The Bertz CT molecular complexity index is 1210. The van der Waals surface area contributed by atoms with Gasteiger partial charge in [0.15, 0.2) is 11.5 Å². The fraction of sp³-hybridized carbons (Fsp3) is 0.643. The van der Waals surface area contributed by atoms with Crippen LogP contribution in [-0.2, 0) is 26.2 Å². The number of nitrogens with two attached hydrogens (primary N) is 1. The van der Waals surface area contributed by atoms with Gasteiger partial charge in [0.2, 0.25) is 11.8 Å². The molecule has 1 saturated carbocycles. The van der Waals surface area contributed by atoms with Crippen LogP contribution in [-0.4, -0.2) is 78.3 Å². The molecule has 1 aromatic carbocycles. The number of nitrogens with zero attached hydrogens (tertiary/aromatic N) is 2. The highest BCUT2D eigenvalue weighted by Gasteiger charge is 2.85. The minimum atomic E-state index is -1.06. The van der Waals surface area contributed by atoms with Crippen molar-refractivity contribution in [3.63, 3.8) is 0 Å². The largest absolute Gasteiger partial charge is 0.504 e. The number of carbonyl (C=O) groups excluding carboxylic acids is 2. The number of phenolic OH excluding ortho intramolecular Hbond substituents is 1. The molecule has 0 radical (unpaired) electrons. The third kappa shape index (κ3) is 2.83. The Balaban J connectivity index is 0.00000147. The zero-order valence-electron chi connectivity index (χ0n) is 21.9. The second-order valence-corrected chi connectivity index (χ2v) is 11.7. The Morgan fingerprint density at radius 1 is 1.11 bits per heavy atom. The van der Waals surface area contributed by atoms with E-state index in [9.17, 15) is 14.7 Å². The van der Waals surface area contributed by atoms with Gasteiger partial charge in [-0.1, -0.05) is 31.1 Å². The average Bonchev–Trinajstić information content (AvgIpc) is 3.38. The molecule has 3 fully saturated rings. The molecular weight excluding hydrogens is 529 g/mol. The van der Waals surface area contributed by atoms with E-state index in [4.69, 9.17) is 15.2 Å². The molecule has 7 atom stereocenters. The average molecular weight is 567 g/mol. The summed E-state index contributed by atoms with van der Waals surface area (Å²) in [5.74, 6) is -0.698. The Morgan fingerprint density at radius 2 is 1.84 bits per heavy atom. The molecule has 3 aliphatic heterocycles. The van der Waals surface area contributed by atoms with E-state index >= 15 is 0 Å². The summed E-state index contributed by atoms with van der Waals surface area (Å²) >= 11 is 0. The van der Waals surface area contributed by atoms with Crippen molar-refractivity contribution in [2.24, 2.45) is 23.0 Å².